The fraction of sp³-hybridized carbons (Fsp3) is 0.867. The van der Waals surface area contributed by atoms with Crippen LogP contribution in [0.4, 0.5) is 0 Å². The van der Waals surface area contributed by atoms with Crippen LogP contribution in [0.5, 0.6) is 0 Å². The van der Waals surface area contributed by atoms with Crippen LogP contribution in [0.25, 0.3) is 0 Å². The maximum absolute atomic E-state index is 2.59. The van der Waals surface area contributed by atoms with Crippen LogP contribution in [0.3, 0.4) is 0 Å². The SMILES string of the molecule is CCCCCCCC=C1C2CCCCC12. The lowest BCUT2D eigenvalue weighted by molar-refractivity contribution is 0.480. The third-order valence-electron chi connectivity index (χ3n) is 4.20. The average Bonchev–Trinajstić information content (AvgIpc) is 2.97. The Morgan fingerprint density at radius 2 is 1.67 bits per heavy atom. The summed E-state index contributed by atoms with van der Waals surface area (Å²) in [7, 11) is 0. The van der Waals surface area contributed by atoms with Crippen molar-refractivity contribution in [2.75, 3.05) is 0 Å². The van der Waals surface area contributed by atoms with Crippen LogP contribution in [0, 0.1) is 11.8 Å². The molecule has 0 heterocycles. The van der Waals surface area contributed by atoms with Gasteiger partial charge in [0.2, 0.25) is 0 Å². The molecule has 0 saturated heterocycles. The quantitative estimate of drug-likeness (QED) is 0.419. The summed E-state index contributed by atoms with van der Waals surface area (Å²) in [6.45, 7) is 2.29. The van der Waals surface area contributed by atoms with Crippen LogP contribution in [-0.2, 0) is 0 Å². The highest BCUT2D eigenvalue weighted by molar-refractivity contribution is 5.30. The Morgan fingerprint density at radius 1 is 1.00 bits per heavy atom. The first-order valence-corrected chi connectivity index (χ1v) is 7.13. The Hall–Kier alpha value is -0.260. The summed E-state index contributed by atoms with van der Waals surface area (Å²) in [5, 5.41) is 0. The highest BCUT2D eigenvalue weighted by Crippen LogP contribution is 2.55. The van der Waals surface area contributed by atoms with E-state index in [2.05, 4.69) is 13.0 Å². The van der Waals surface area contributed by atoms with Crippen molar-refractivity contribution in [3.63, 3.8) is 0 Å². The maximum atomic E-state index is 2.59. The van der Waals surface area contributed by atoms with Crippen molar-refractivity contribution in [3.8, 4) is 0 Å². The Labute approximate surface area is 95.1 Å². The molecule has 2 aliphatic rings. The molecule has 2 rings (SSSR count). The van der Waals surface area contributed by atoms with Gasteiger partial charge in [-0.25, -0.2) is 0 Å². The van der Waals surface area contributed by atoms with E-state index in [0.29, 0.717) is 0 Å². The number of unbranched alkanes of at least 4 members (excludes halogenated alkanes) is 5. The molecule has 2 fully saturated rings. The van der Waals surface area contributed by atoms with Crippen molar-refractivity contribution in [2.45, 2.75) is 71.1 Å². The second-order valence-corrected chi connectivity index (χ2v) is 5.40. The summed E-state index contributed by atoms with van der Waals surface area (Å²) in [4.78, 5) is 0. The number of hydrogen-bond acceptors (Lipinski definition) is 0. The molecule has 2 aliphatic carbocycles. The van der Waals surface area contributed by atoms with Gasteiger partial charge >= 0.3 is 0 Å². The number of rotatable bonds is 6. The monoisotopic (exact) mass is 206 g/mol. The van der Waals surface area contributed by atoms with Gasteiger partial charge in [-0.3, -0.25) is 0 Å². The van der Waals surface area contributed by atoms with Crippen molar-refractivity contribution in [1.82, 2.24) is 0 Å². The van der Waals surface area contributed by atoms with Crippen LogP contribution in [-0.4, -0.2) is 0 Å². The minimum Gasteiger partial charge on any atom is -0.0847 e. The van der Waals surface area contributed by atoms with E-state index in [9.17, 15) is 0 Å². The molecule has 0 radical (unpaired) electrons. The molecule has 0 aromatic carbocycles. The fourth-order valence-electron chi connectivity index (χ4n) is 3.19. The highest BCUT2D eigenvalue weighted by atomic mass is 14.5. The Morgan fingerprint density at radius 3 is 2.33 bits per heavy atom. The van der Waals surface area contributed by atoms with Crippen molar-refractivity contribution < 1.29 is 0 Å². The predicted octanol–water partition coefficient (Wildman–Crippen LogP) is 5.09. The van der Waals surface area contributed by atoms with Crippen molar-refractivity contribution >= 4 is 0 Å². The molecular formula is C15H26. The van der Waals surface area contributed by atoms with E-state index in [1.807, 2.05) is 5.57 Å². The first-order valence-electron chi connectivity index (χ1n) is 7.13. The Bertz CT molecular complexity index is 200. The third-order valence-corrected chi connectivity index (χ3v) is 4.20. The predicted molar refractivity (Wildman–Crippen MR) is 66.9 cm³/mol. The molecule has 0 spiro atoms. The molecule has 0 heteroatoms. The van der Waals surface area contributed by atoms with Gasteiger partial charge in [-0.05, 0) is 37.5 Å². The zero-order chi connectivity index (χ0) is 10.5. The molecule has 0 aromatic heterocycles. The highest BCUT2D eigenvalue weighted by Gasteiger charge is 2.43. The summed E-state index contributed by atoms with van der Waals surface area (Å²) >= 11 is 0. The van der Waals surface area contributed by atoms with Crippen LogP contribution < -0.4 is 0 Å². The summed E-state index contributed by atoms with van der Waals surface area (Å²) in [6, 6.07) is 0. The van der Waals surface area contributed by atoms with Gasteiger partial charge in [-0.2, -0.15) is 0 Å². The third kappa shape index (κ3) is 3.09. The zero-order valence-corrected chi connectivity index (χ0v) is 10.3. The average molecular weight is 206 g/mol. The lowest BCUT2D eigenvalue weighted by atomic mass is 10.0. The van der Waals surface area contributed by atoms with Gasteiger partial charge in [-0.1, -0.05) is 57.1 Å². The molecule has 0 amide bonds. The Kier molecular flexibility index (Phi) is 4.29. The smallest absolute Gasteiger partial charge is 0.0134 e. The van der Waals surface area contributed by atoms with Gasteiger partial charge in [0.1, 0.15) is 0 Å². The number of allylic oxidation sites excluding steroid dienone is 2. The molecule has 0 bridgehead atoms. The van der Waals surface area contributed by atoms with E-state index >= 15 is 0 Å². The van der Waals surface area contributed by atoms with Crippen molar-refractivity contribution in [3.05, 3.63) is 11.6 Å². The summed E-state index contributed by atoms with van der Waals surface area (Å²) in [5.74, 6) is 2.10. The van der Waals surface area contributed by atoms with Gasteiger partial charge in [0, 0.05) is 0 Å². The van der Waals surface area contributed by atoms with Gasteiger partial charge in [0.05, 0.1) is 0 Å². The minimum atomic E-state index is 1.05. The van der Waals surface area contributed by atoms with Crippen LogP contribution >= 0.6 is 0 Å². The molecule has 0 aliphatic heterocycles. The molecule has 2 unspecified atom stereocenters. The van der Waals surface area contributed by atoms with E-state index < -0.39 is 0 Å². The van der Waals surface area contributed by atoms with Crippen LogP contribution in [0.15, 0.2) is 11.6 Å². The van der Waals surface area contributed by atoms with Gasteiger partial charge in [0.15, 0.2) is 0 Å². The summed E-state index contributed by atoms with van der Waals surface area (Å²) < 4.78 is 0. The lowest BCUT2D eigenvalue weighted by Crippen LogP contribution is -1.91. The molecular weight excluding hydrogens is 180 g/mol. The second kappa shape index (κ2) is 5.72. The van der Waals surface area contributed by atoms with Gasteiger partial charge in [0.25, 0.3) is 0 Å². The maximum Gasteiger partial charge on any atom is -0.0134 e. The summed E-state index contributed by atoms with van der Waals surface area (Å²) in [6.07, 6.45) is 17.1. The largest absolute Gasteiger partial charge is 0.0847 e. The van der Waals surface area contributed by atoms with Crippen molar-refractivity contribution in [1.29, 1.82) is 0 Å². The van der Waals surface area contributed by atoms with E-state index in [1.165, 1.54) is 64.2 Å². The molecule has 86 valence electrons. The number of fused-ring (bicyclic) bond motifs is 1. The first kappa shape index (κ1) is 11.2. The number of hydrogen-bond donors (Lipinski definition) is 0. The topological polar surface area (TPSA) is 0 Å². The fourth-order valence-corrected chi connectivity index (χ4v) is 3.19. The molecule has 0 nitrogen and oxygen atoms in total. The summed E-state index contributed by atoms with van der Waals surface area (Å²) in [5.41, 5.74) is 1.85. The molecule has 15 heavy (non-hydrogen) atoms. The second-order valence-electron chi connectivity index (χ2n) is 5.40. The minimum absolute atomic E-state index is 1.05. The molecule has 0 aromatic rings. The van der Waals surface area contributed by atoms with E-state index in [4.69, 9.17) is 0 Å². The van der Waals surface area contributed by atoms with Gasteiger partial charge in [-0.15, -0.1) is 0 Å². The molecule has 0 N–H and O–H groups in total. The molecule has 2 atom stereocenters. The lowest BCUT2D eigenvalue weighted by Gasteiger charge is -2.04. The van der Waals surface area contributed by atoms with E-state index in [-0.39, 0.29) is 0 Å². The standard InChI is InChI=1S/C15H26/c1-2-3-4-5-6-7-10-13-14-11-8-9-12-15(13)14/h10,14-15H,2-9,11-12H2,1H3. The van der Waals surface area contributed by atoms with Crippen LogP contribution in [0.1, 0.15) is 71.1 Å². The first-order chi connectivity index (χ1) is 7.43. The van der Waals surface area contributed by atoms with Crippen LogP contribution in [0.2, 0.25) is 0 Å². The van der Waals surface area contributed by atoms with Gasteiger partial charge < -0.3 is 0 Å². The Balaban J connectivity index is 1.56. The zero-order valence-electron chi connectivity index (χ0n) is 10.3. The normalized spacial score (nSPS) is 28.7. The van der Waals surface area contributed by atoms with E-state index in [1.54, 1.807) is 0 Å². The van der Waals surface area contributed by atoms with Crippen molar-refractivity contribution in [2.24, 2.45) is 11.8 Å². The van der Waals surface area contributed by atoms with E-state index in [0.717, 1.165) is 11.8 Å². The molecule has 2 saturated carbocycles.